The van der Waals surface area contributed by atoms with Crippen LogP contribution in [0, 0.1) is 5.92 Å². The normalized spacial score (nSPS) is 12.3. The first-order chi connectivity index (χ1) is 8.37. The fourth-order valence-corrected chi connectivity index (χ4v) is 1.89. The molecule has 104 valence electrons. The van der Waals surface area contributed by atoms with Gasteiger partial charge in [-0.15, -0.1) is 10.2 Å². The lowest BCUT2D eigenvalue weighted by atomic mass is 10.2. The molecule has 1 heterocycles. The molecule has 18 heavy (non-hydrogen) atoms. The summed E-state index contributed by atoms with van der Waals surface area (Å²) in [6.07, 6.45) is -4.30. The molecule has 0 atom stereocenters. The van der Waals surface area contributed by atoms with E-state index < -0.39 is 12.8 Å². The third-order valence-corrected chi connectivity index (χ3v) is 2.73. The minimum atomic E-state index is -4.30. The van der Waals surface area contributed by atoms with Crippen molar-refractivity contribution in [2.75, 3.05) is 13.2 Å². The van der Waals surface area contributed by atoms with Gasteiger partial charge in [-0.05, 0) is 12.5 Å². The Kier molecular flexibility index (Phi) is 5.97. The van der Waals surface area contributed by atoms with Crippen LogP contribution in [0.25, 0.3) is 0 Å². The maximum absolute atomic E-state index is 11.8. The van der Waals surface area contributed by atoms with E-state index >= 15 is 0 Å². The second-order valence-electron chi connectivity index (χ2n) is 4.22. The van der Waals surface area contributed by atoms with Gasteiger partial charge in [0.05, 0.1) is 0 Å². The van der Waals surface area contributed by atoms with E-state index in [0.717, 1.165) is 11.6 Å². The average Bonchev–Trinajstić information content (AvgIpc) is 2.63. The van der Waals surface area contributed by atoms with Gasteiger partial charge in [0.15, 0.2) is 0 Å². The zero-order chi connectivity index (χ0) is 13.6. The van der Waals surface area contributed by atoms with E-state index in [1.54, 1.807) is 0 Å². The van der Waals surface area contributed by atoms with Gasteiger partial charge in [-0.25, -0.2) is 0 Å². The van der Waals surface area contributed by atoms with Crippen LogP contribution < -0.4 is 5.32 Å². The minimum absolute atomic E-state index is 0.151. The summed E-state index contributed by atoms with van der Waals surface area (Å²) >= 11 is 1.26. The van der Waals surface area contributed by atoms with Crippen LogP contribution in [-0.2, 0) is 17.9 Å². The molecule has 0 aromatic carbocycles. The van der Waals surface area contributed by atoms with Crippen molar-refractivity contribution in [3.63, 3.8) is 0 Å². The van der Waals surface area contributed by atoms with Crippen LogP contribution in [0.15, 0.2) is 0 Å². The number of alkyl halides is 3. The Bertz CT molecular complexity index is 354. The smallest absolute Gasteiger partial charge is 0.365 e. The Balaban J connectivity index is 2.26. The Hall–Kier alpha value is -0.730. The number of halogens is 3. The summed E-state index contributed by atoms with van der Waals surface area (Å²) in [5.41, 5.74) is 0. The standard InChI is InChI=1S/C10H16F3N3OS/c1-7(2)3-14-4-8-15-16-9(18-8)5-17-6-10(11,12)13/h7,14H,3-6H2,1-2H3. The van der Waals surface area contributed by atoms with Crippen molar-refractivity contribution in [1.82, 2.24) is 15.5 Å². The van der Waals surface area contributed by atoms with Crippen molar-refractivity contribution < 1.29 is 17.9 Å². The molecule has 0 saturated carbocycles. The van der Waals surface area contributed by atoms with Gasteiger partial charge >= 0.3 is 6.18 Å². The quantitative estimate of drug-likeness (QED) is 0.834. The highest BCUT2D eigenvalue weighted by Gasteiger charge is 2.27. The summed E-state index contributed by atoms with van der Waals surface area (Å²) in [4.78, 5) is 0. The van der Waals surface area contributed by atoms with E-state index in [-0.39, 0.29) is 6.61 Å². The molecule has 1 aromatic heterocycles. The number of aromatic nitrogens is 2. The lowest BCUT2D eigenvalue weighted by Gasteiger charge is -2.05. The van der Waals surface area contributed by atoms with E-state index in [1.807, 2.05) is 0 Å². The third kappa shape index (κ3) is 6.87. The zero-order valence-electron chi connectivity index (χ0n) is 10.3. The molecule has 1 aromatic rings. The van der Waals surface area contributed by atoms with Gasteiger partial charge in [-0.1, -0.05) is 25.2 Å². The van der Waals surface area contributed by atoms with Crippen LogP contribution in [0.3, 0.4) is 0 Å². The van der Waals surface area contributed by atoms with Gasteiger partial charge in [0.2, 0.25) is 0 Å². The summed E-state index contributed by atoms with van der Waals surface area (Å²) in [5, 5.41) is 12.0. The van der Waals surface area contributed by atoms with Crippen LogP contribution in [0.4, 0.5) is 13.2 Å². The lowest BCUT2D eigenvalue weighted by Crippen LogP contribution is -2.18. The molecule has 0 spiro atoms. The van der Waals surface area contributed by atoms with E-state index in [2.05, 4.69) is 34.1 Å². The minimum Gasteiger partial charge on any atom is -0.365 e. The predicted octanol–water partition coefficient (Wildman–Crippen LogP) is 2.36. The fraction of sp³-hybridized carbons (Fsp3) is 0.800. The van der Waals surface area contributed by atoms with Crippen LogP contribution in [0.5, 0.6) is 0 Å². The SMILES string of the molecule is CC(C)CNCc1nnc(COCC(F)(F)F)s1. The van der Waals surface area contributed by atoms with Gasteiger partial charge in [0.1, 0.15) is 23.2 Å². The van der Waals surface area contributed by atoms with Crippen molar-refractivity contribution in [2.24, 2.45) is 5.92 Å². The first kappa shape index (κ1) is 15.3. The highest BCUT2D eigenvalue weighted by Crippen LogP contribution is 2.16. The van der Waals surface area contributed by atoms with Gasteiger partial charge in [0, 0.05) is 6.54 Å². The van der Waals surface area contributed by atoms with Crippen LogP contribution in [-0.4, -0.2) is 29.5 Å². The number of ether oxygens (including phenoxy) is 1. The number of nitrogens with one attached hydrogen (secondary N) is 1. The van der Waals surface area contributed by atoms with E-state index in [4.69, 9.17) is 0 Å². The van der Waals surface area contributed by atoms with Crippen molar-refractivity contribution >= 4 is 11.3 Å². The molecule has 0 radical (unpaired) electrons. The molecule has 8 heteroatoms. The Morgan fingerprint density at radius 1 is 1.28 bits per heavy atom. The van der Waals surface area contributed by atoms with Gasteiger partial charge < -0.3 is 10.1 Å². The predicted molar refractivity (Wildman–Crippen MR) is 62.2 cm³/mol. The maximum atomic E-state index is 11.8. The number of nitrogens with zero attached hydrogens (tertiary/aromatic N) is 2. The molecule has 0 aliphatic rings. The molecule has 1 rings (SSSR count). The van der Waals surface area contributed by atoms with Gasteiger partial charge in [-0.2, -0.15) is 13.2 Å². The summed E-state index contributed by atoms with van der Waals surface area (Å²) in [6.45, 7) is 4.20. The molecule has 0 unspecified atom stereocenters. The second kappa shape index (κ2) is 7.01. The topological polar surface area (TPSA) is 47.0 Å². The molecule has 0 bridgehead atoms. The summed E-state index contributed by atoms with van der Waals surface area (Å²) in [5.74, 6) is 0.535. The lowest BCUT2D eigenvalue weighted by molar-refractivity contribution is -0.176. The largest absolute Gasteiger partial charge is 0.411 e. The van der Waals surface area contributed by atoms with Crippen LogP contribution in [0.2, 0.25) is 0 Å². The van der Waals surface area contributed by atoms with Crippen LogP contribution >= 0.6 is 11.3 Å². The highest BCUT2D eigenvalue weighted by atomic mass is 32.1. The summed E-state index contributed by atoms with van der Waals surface area (Å²) in [7, 11) is 0. The van der Waals surface area contributed by atoms with Crippen molar-refractivity contribution in [2.45, 2.75) is 33.2 Å². The molecule has 0 saturated heterocycles. The Labute approximate surface area is 108 Å². The third-order valence-electron chi connectivity index (χ3n) is 1.83. The number of hydrogen-bond donors (Lipinski definition) is 1. The van der Waals surface area contributed by atoms with Crippen molar-refractivity contribution in [1.29, 1.82) is 0 Å². The zero-order valence-corrected chi connectivity index (χ0v) is 11.1. The number of hydrogen-bond acceptors (Lipinski definition) is 5. The molecule has 0 fully saturated rings. The monoisotopic (exact) mass is 283 g/mol. The maximum Gasteiger partial charge on any atom is 0.411 e. The van der Waals surface area contributed by atoms with Crippen molar-refractivity contribution in [3.05, 3.63) is 10.0 Å². The van der Waals surface area contributed by atoms with Crippen LogP contribution in [0.1, 0.15) is 23.9 Å². The van der Waals surface area contributed by atoms with Gasteiger partial charge in [-0.3, -0.25) is 0 Å². The van der Waals surface area contributed by atoms with E-state index in [9.17, 15) is 13.2 Å². The van der Waals surface area contributed by atoms with Crippen molar-refractivity contribution in [3.8, 4) is 0 Å². The molecule has 1 N–H and O–H groups in total. The van der Waals surface area contributed by atoms with E-state index in [0.29, 0.717) is 17.5 Å². The Morgan fingerprint density at radius 2 is 1.94 bits per heavy atom. The summed E-state index contributed by atoms with van der Waals surface area (Å²) in [6, 6.07) is 0. The highest BCUT2D eigenvalue weighted by molar-refractivity contribution is 7.11. The molecular weight excluding hydrogens is 267 g/mol. The molecule has 0 aliphatic carbocycles. The fourth-order valence-electron chi connectivity index (χ4n) is 1.14. The number of rotatable bonds is 7. The Morgan fingerprint density at radius 3 is 2.56 bits per heavy atom. The second-order valence-corrected chi connectivity index (χ2v) is 5.37. The van der Waals surface area contributed by atoms with E-state index in [1.165, 1.54) is 11.3 Å². The van der Waals surface area contributed by atoms with Gasteiger partial charge in [0.25, 0.3) is 0 Å². The first-order valence-corrected chi connectivity index (χ1v) is 6.35. The first-order valence-electron chi connectivity index (χ1n) is 5.53. The molecule has 4 nitrogen and oxygen atoms in total. The molecule has 0 aliphatic heterocycles. The molecular formula is C10H16F3N3OS. The summed E-state index contributed by atoms with van der Waals surface area (Å²) < 4.78 is 40.0. The average molecular weight is 283 g/mol. The molecule has 0 amide bonds.